The molecule has 0 saturated carbocycles. The number of anilines is 1. The van der Waals surface area contributed by atoms with Gasteiger partial charge in [0.2, 0.25) is 9.74 Å². The Balaban J connectivity index is 1.25. The molecular formula is C31H30N6O6S4. The first-order chi connectivity index (χ1) is 22.5. The molecule has 8 aliphatic rings. The number of fused-ring (bicyclic) bond motifs is 9. The van der Waals surface area contributed by atoms with Crippen LogP contribution in [-0.2, 0) is 31.1 Å². The summed E-state index contributed by atoms with van der Waals surface area (Å²) in [5, 5.41) is 25.2. The summed E-state index contributed by atoms with van der Waals surface area (Å²) in [7, 11) is 9.90. The van der Waals surface area contributed by atoms with Gasteiger partial charge in [0.25, 0.3) is 23.6 Å². The van der Waals surface area contributed by atoms with E-state index in [9.17, 15) is 29.4 Å². The van der Waals surface area contributed by atoms with E-state index in [1.165, 1.54) is 57.9 Å². The first kappa shape index (κ1) is 30.1. The Kier molecular flexibility index (Phi) is 5.99. The second-order valence-corrected chi connectivity index (χ2v) is 18.3. The summed E-state index contributed by atoms with van der Waals surface area (Å²) in [5.74, 6) is -1.11. The van der Waals surface area contributed by atoms with Gasteiger partial charge in [-0.2, -0.15) is 0 Å². The molecule has 3 aromatic rings. The first-order valence-electron chi connectivity index (χ1n) is 15.1. The molecule has 3 N–H and O–H groups in total. The molecule has 0 aliphatic carbocycles. The zero-order chi connectivity index (χ0) is 32.9. The minimum atomic E-state index is -1.43. The van der Waals surface area contributed by atoms with Crippen LogP contribution in [-0.4, -0.2) is 118 Å². The van der Waals surface area contributed by atoms with E-state index in [1.807, 2.05) is 54.7 Å². The number of nitrogens with zero attached hydrogens (tertiary/aromatic N) is 5. The molecule has 0 radical (unpaired) electrons. The number of aliphatic hydroxyl groups is 2. The van der Waals surface area contributed by atoms with Crippen LogP contribution in [0.5, 0.6) is 0 Å². The second-order valence-electron chi connectivity index (χ2n) is 13.0. The average molecular weight is 711 g/mol. The van der Waals surface area contributed by atoms with Crippen LogP contribution >= 0.6 is 43.2 Å². The third-order valence-electron chi connectivity index (χ3n) is 11.1. The predicted octanol–water partition coefficient (Wildman–Crippen LogP) is 1.87. The Hall–Kier alpha value is -3.02. The molecule has 8 aliphatic heterocycles. The van der Waals surface area contributed by atoms with E-state index in [-0.39, 0.29) is 36.5 Å². The highest BCUT2D eigenvalue weighted by atomic mass is 33.1. The quantitative estimate of drug-likeness (QED) is 0.335. The molecule has 4 bridgehead atoms. The van der Waals surface area contributed by atoms with Gasteiger partial charge in [-0.25, -0.2) is 0 Å². The first-order valence-corrected chi connectivity index (χ1v) is 19.4. The predicted molar refractivity (Wildman–Crippen MR) is 182 cm³/mol. The number of hydrogen-bond donors (Lipinski definition) is 3. The van der Waals surface area contributed by atoms with Crippen LogP contribution < -0.4 is 5.32 Å². The van der Waals surface area contributed by atoms with Crippen molar-refractivity contribution >= 4 is 83.4 Å². The Morgan fingerprint density at radius 2 is 1.36 bits per heavy atom. The highest BCUT2D eigenvalue weighted by Crippen LogP contribution is 2.69. The van der Waals surface area contributed by atoms with Crippen molar-refractivity contribution in [3.05, 3.63) is 65.9 Å². The van der Waals surface area contributed by atoms with E-state index >= 15 is 0 Å². The SMILES string of the molecule is CN1C(=O)C2(Cc3cn(C45C[C@@]67SSC(CO)(C(=O)N6[C@H]4Nc4ccccc45)N(C)C7=O)c4ccccc34)SSC1(CO)C(=O)N2C. The zero-order valence-electron chi connectivity index (χ0n) is 25.5. The van der Waals surface area contributed by atoms with E-state index in [2.05, 4.69) is 9.88 Å². The topological polar surface area (TPSA) is 139 Å². The molecule has 2 aromatic carbocycles. The van der Waals surface area contributed by atoms with Crippen LogP contribution in [0.4, 0.5) is 5.69 Å². The molecule has 4 unspecified atom stereocenters. The smallest absolute Gasteiger partial charge is 0.265 e. The Bertz CT molecular complexity index is 1980. The maximum absolute atomic E-state index is 14.4. The van der Waals surface area contributed by atoms with Gasteiger partial charge in [0, 0.05) is 62.3 Å². The van der Waals surface area contributed by atoms with E-state index in [0.717, 1.165) is 27.7 Å². The minimum Gasteiger partial charge on any atom is -0.392 e. The van der Waals surface area contributed by atoms with Gasteiger partial charge >= 0.3 is 0 Å². The summed E-state index contributed by atoms with van der Waals surface area (Å²) in [6, 6.07) is 15.8. The summed E-state index contributed by atoms with van der Waals surface area (Å²) < 4.78 is 2.16. The number of piperazine rings is 2. The van der Waals surface area contributed by atoms with Gasteiger partial charge in [-0.3, -0.25) is 24.1 Å². The molecule has 16 heteroatoms. The Morgan fingerprint density at radius 1 is 0.766 bits per heavy atom. The van der Waals surface area contributed by atoms with Crippen LogP contribution in [0.1, 0.15) is 17.5 Å². The highest BCUT2D eigenvalue weighted by molar-refractivity contribution is 8.78. The molecule has 244 valence electrons. The van der Waals surface area contributed by atoms with Crippen molar-refractivity contribution in [2.75, 3.05) is 39.7 Å². The fraction of sp³-hybridized carbons (Fsp3) is 0.419. The number of aromatic nitrogens is 1. The lowest BCUT2D eigenvalue weighted by atomic mass is 9.86. The largest absolute Gasteiger partial charge is 0.392 e. The number of hydrogen-bond acceptors (Lipinski definition) is 11. The second kappa shape index (κ2) is 9.36. The molecule has 12 nitrogen and oxygen atoms in total. The number of rotatable bonds is 5. The Labute approximate surface area is 285 Å². The van der Waals surface area contributed by atoms with Gasteiger partial charge in [-0.05, 0) is 39.3 Å². The highest BCUT2D eigenvalue weighted by Gasteiger charge is 2.78. The van der Waals surface area contributed by atoms with E-state index in [1.54, 1.807) is 26.0 Å². The van der Waals surface area contributed by atoms with Crippen LogP contribution in [0, 0.1) is 0 Å². The van der Waals surface area contributed by atoms with Crippen molar-refractivity contribution < 1.29 is 29.4 Å². The summed E-state index contributed by atoms with van der Waals surface area (Å²) >= 11 is 0. The molecule has 7 fully saturated rings. The number of aliphatic hydroxyl groups excluding tert-OH is 2. The van der Waals surface area contributed by atoms with Crippen molar-refractivity contribution in [3.8, 4) is 0 Å². The molecular weight excluding hydrogens is 681 g/mol. The van der Waals surface area contributed by atoms with Gasteiger partial charge in [0.15, 0.2) is 9.74 Å². The molecule has 47 heavy (non-hydrogen) atoms. The van der Waals surface area contributed by atoms with Gasteiger partial charge in [0.05, 0.1) is 13.2 Å². The summed E-state index contributed by atoms with van der Waals surface area (Å²) in [6.07, 6.45) is 1.85. The van der Waals surface area contributed by atoms with E-state index in [4.69, 9.17) is 0 Å². The van der Waals surface area contributed by atoms with Crippen molar-refractivity contribution in [3.63, 3.8) is 0 Å². The van der Waals surface area contributed by atoms with Crippen LogP contribution in [0.3, 0.4) is 0 Å². The van der Waals surface area contributed by atoms with Crippen LogP contribution in [0.25, 0.3) is 10.9 Å². The number of nitrogens with one attached hydrogen (secondary N) is 1. The standard InChI is InChI=1S/C31H30N6O6S4/c1-33-25(42)30(15-38)34(2)23(40)28(33,44-46-30)12-17-13-36(21-11-7-4-8-18(17)21)27-14-29-24(41)35(3)31(16-39,47-45-29)26(43)37(29)22(27)32-20-10-6-5-9-19(20)27/h4-11,13,22,32,38-39H,12,14-16H2,1-3H3/t22-,27?,28?,29+,30?,31?/m1/s1. The number of para-hydroxylation sites is 2. The summed E-state index contributed by atoms with van der Waals surface area (Å²) in [6.45, 7) is -0.994. The monoisotopic (exact) mass is 710 g/mol. The van der Waals surface area contributed by atoms with E-state index in [0.29, 0.717) is 0 Å². The number of carbonyl (C=O) groups is 4. The lowest BCUT2D eigenvalue weighted by molar-refractivity contribution is -0.166. The van der Waals surface area contributed by atoms with Gasteiger partial charge < -0.3 is 34.8 Å². The molecule has 1 aromatic heterocycles. The summed E-state index contributed by atoms with van der Waals surface area (Å²) in [4.78, 5) is 57.1. The molecule has 7 saturated heterocycles. The lowest BCUT2D eigenvalue weighted by Crippen LogP contribution is -2.77. The van der Waals surface area contributed by atoms with E-state index < -0.39 is 44.4 Å². The molecule has 4 amide bonds. The molecule has 11 rings (SSSR count). The van der Waals surface area contributed by atoms with Crippen molar-refractivity contribution in [2.24, 2.45) is 0 Å². The molecule has 9 heterocycles. The van der Waals surface area contributed by atoms with Crippen molar-refractivity contribution in [1.82, 2.24) is 24.2 Å². The normalized spacial score (nSPS) is 36.8. The minimum absolute atomic E-state index is 0.203. The third kappa shape index (κ3) is 3.12. The fourth-order valence-corrected chi connectivity index (χ4v) is 15.7. The number of carbonyl (C=O) groups excluding carboxylic acids is 4. The third-order valence-corrected chi connectivity index (χ3v) is 18.4. The number of amides is 4. The van der Waals surface area contributed by atoms with Crippen LogP contribution in [0.2, 0.25) is 0 Å². The lowest BCUT2D eigenvalue weighted by Gasteiger charge is -2.58. The van der Waals surface area contributed by atoms with Gasteiger partial charge in [-0.15, -0.1) is 0 Å². The molecule has 6 atom stereocenters. The number of benzene rings is 2. The fourth-order valence-electron chi connectivity index (χ4n) is 8.49. The summed E-state index contributed by atoms with van der Waals surface area (Å²) in [5.41, 5.74) is 2.55. The Morgan fingerprint density at radius 3 is 2.13 bits per heavy atom. The van der Waals surface area contributed by atoms with Crippen LogP contribution in [0.15, 0.2) is 54.7 Å². The maximum Gasteiger partial charge on any atom is 0.265 e. The van der Waals surface area contributed by atoms with Gasteiger partial charge in [-0.1, -0.05) is 58.0 Å². The van der Waals surface area contributed by atoms with Crippen molar-refractivity contribution in [2.45, 2.75) is 44.0 Å². The average Bonchev–Trinajstić information content (AvgIpc) is 3.71. The maximum atomic E-state index is 14.4. The number of likely N-dealkylation sites (N-methyl/N-ethyl adjacent to an activating group) is 3. The van der Waals surface area contributed by atoms with Crippen molar-refractivity contribution in [1.29, 1.82) is 0 Å². The molecule has 1 spiro atoms. The van der Waals surface area contributed by atoms with Gasteiger partial charge in [0.1, 0.15) is 11.7 Å². The zero-order valence-corrected chi connectivity index (χ0v) is 28.8.